The second-order valence-electron chi connectivity index (χ2n) is 4.66. The van der Waals surface area contributed by atoms with Crippen molar-refractivity contribution >= 4 is 33.8 Å². The molecular weight excluding hydrogens is 268 g/mol. The Hall–Kier alpha value is -2.20. The maximum Gasteiger partial charge on any atom is 0.256 e. The molecule has 4 heteroatoms. The molecule has 0 fully saturated rings. The number of pyridine rings is 1. The minimum atomic E-state index is -0.0787. The number of carbonyl (C=O) groups excluding carboxylic acids is 1. The predicted molar refractivity (Wildman–Crippen MR) is 83.5 cm³/mol. The van der Waals surface area contributed by atoms with Gasteiger partial charge < -0.3 is 5.32 Å². The number of hydrogen-bond acceptors (Lipinski definition) is 3. The first-order valence-corrected chi connectivity index (χ1v) is 7.19. The summed E-state index contributed by atoms with van der Waals surface area (Å²) in [6.45, 7) is 3.97. The topological polar surface area (TPSA) is 42.0 Å². The van der Waals surface area contributed by atoms with E-state index in [-0.39, 0.29) is 5.91 Å². The minimum absolute atomic E-state index is 0.0787. The molecule has 3 rings (SSSR count). The van der Waals surface area contributed by atoms with Gasteiger partial charge in [0.2, 0.25) is 0 Å². The van der Waals surface area contributed by atoms with Crippen molar-refractivity contribution in [3.8, 4) is 0 Å². The van der Waals surface area contributed by atoms with Crippen LogP contribution in [0.2, 0.25) is 0 Å². The van der Waals surface area contributed by atoms with Crippen molar-refractivity contribution in [3.05, 3.63) is 57.9 Å². The third-order valence-electron chi connectivity index (χ3n) is 3.17. The number of nitrogens with one attached hydrogen (secondary N) is 1. The zero-order valence-corrected chi connectivity index (χ0v) is 12.1. The monoisotopic (exact) mass is 282 g/mol. The molecule has 1 aromatic carbocycles. The van der Waals surface area contributed by atoms with Crippen LogP contribution in [0.15, 0.2) is 42.6 Å². The van der Waals surface area contributed by atoms with Gasteiger partial charge in [0.15, 0.2) is 0 Å². The highest BCUT2D eigenvalue weighted by atomic mass is 32.1. The summed E-state index contributed by atoms with van der Waals surface area (Å²) in [5, 5.41) is 3.98. The average molecular weight is 282 g/mol. The number of anilines is 1. The lowest BCUT2D eigenvalue weighted by Gasteiger charge is -2.07. The van der Waals surface area contributed by atoms with E-state index < -0.39 is 0 Å². The van der Waals surface area contributed by atoms with E-state index in [4.69, 9.17) is 0 Å². The van der Waals surface area contributed by atoms with Crippen molar-refractivity contribution < 1.29 is 4.79 Å². The second kappa shape index (κ2) is 5.06. The fraction of sp³-hybridized carbons (Fsp3) is 0.125. The van der Waals surface area contributed by atoms with Crippen LogP contribution in [0.25, 0.3) is 10.9 Å². The molecule has 0 saturated heterocycles. The van der Waals surface area contributed by atoms with E-state index in [2.05, 4.69) is 10.3 Å². The van der Waals surface area contributed by atoms with Gasteiger partial charge in [-0.1, -0.05) is 18.2 Å². The highest BCUT2D eigenvalue weighted by Crippen LogP contribution is 2.24. The standard InChI is InChI=1S/C16H14N2OS/c1-10-9-13(11(2)20-10)16(19)18-14-7-3-5-12-6-4-8-17-15(12)14/h3-9H,1-2H3,(H,18,19). The maximum atomic E-state index is 12.4. The van der Waals surface area contributed by atoms with Gasteiger partial charge in [0.25, 0.3) is 5.91 Å². The van der Waals surface area contributed by atoms with Crippen LogP contribution in [0, 0.1) is 13.8 Å². The van der Waals surface area contributed by atoms with Gasteiger partial charge in [-0.15, -0.1) is 11.3 Å². The van der Waals surface area contributed by atoms with E-state index in [0.717, 1.165) is 31.9 Å². The molecule has 3 nitrogen and oxygen atoms in total. The number of aryl methyl sites for hydroxylation is 2. The Bertz CT molecular complexity index is 787. The molecule has 100 valence electrons. The van der Waals surface area contributed by atoms with Crippen LogP contribution in [-0.2, 0) is 0 Å². The van der Waals surface area contributed by atoms with Crippen LogP contribution in [-0.4, -0.2) is 10.9 Å². The number of para-hydroxylation sites is 1. The Kier molecular flexibility index (Phi) is 3.24. The fourth-order valence-electron chi connectivity index (χ4n) is 2.25. The number of hydrogen-bond donors (Lipinski definition) is 1. The molecule has 1 amide bonds. The lowest BCUT2D eigenvalue weighted by molar-refractivity contribution is 0.102. The Balaban J connectivity index is 1.97. The second-order valence-corrected chi connectivity index (χ2v) is 6.12. The van der Waals surface area contributed by atoms with Crippen LogP contribution in [0.3, 0.4) is 0 Å². The van der Waals surface area contributed by atoms with Gasteiger partial charge >= 0.3 is 0 Å². The zero-order chi connectivity index (χ0) is 14.1. The third kappa shape index (κ3) is 2.30. The number of aromatic nitrogens is 1. The summed E-state index contributed by atoms with van der Waals surface area (Å²) >= 11 is 1.64. The molecule has 1 N–H and O–H groups in total. The van der Waals surface area contributed by atoms with E-state index in [1.807, 2.05) is 50.2 Å². The molecule has 0 radical (unpaired) electrons. The zero-order valence-electron chi connectivity index (χ0n) is 11.3. The molecule has 0 unspecified atom stereocenters. The molecule has 2 heterocycles. The number of amides is 1. The number of thiophene rings is 1. The summed E-state index contributed by atoms with van der Waals surface area (Å²) in [4.78, 5) is 18.9. The van der Waals surface area contributed by atoms with Crippen molar-refractivity contribution in [2.45, 2.75) is 13.8 Å². The Morgan fingerprint density at radius 3 is 2.75 bits per heavy atom. The highest BCUT2D eigenvalue weighted by Gasteiger charge is 2.13. The van der Waals surface area contributed by atoms with Gasteiger partial charge in [-0.3, -0.25) is 9.78 Å². The van der Waals surface area contributed by atoms with Crippen molar-refractivity contribution in [1.29, 1.82) is 0 Å². The van der Waals surface area contributed by atoms with E-state index in [1.165, 1.54) is 0 Å². The lowest BCUT2D eigenvalue weighted by atomic mass is 10.1. The van der Waals surface area contributed by atoms with Gasteiger partial charge in [0, 0.05) is 21.3 Å². The molecular formula is C16H14N2OS. The summed E-state index contributed by atoms with van der Waals surface area (Å²) in [7, 11) is 0. The van der Waals surface area contributed by atoms with Gasteiger partial charge in [0.05, 0.1) is 16.8 Å². The SMILES string of the molecule is Cc1cc(C(=O)Nc2cccc3cccnc23)c(C)s1. The van der Waals surface area contributed by atoms with E-state index >= 15 is 0 Å². The smallest absolute Gasteiger partial charge is 0.256 e. The Labute approximate surface area is 121 Å². The molecule has 0 aliphatic rings. The summed E-state index contributed by atoms with van der Waals surface area (Å²) < 4.78 is 0. The quantitative estimate of drug-likeness (QED) is 0.766. The van der Waals surface area contributed by atoms with Crippen LogP contribution in [0.5, 0.6) is 0 Å². The van der Waals surface area contributed by atoms with Crippen LogP contribution in [0.4, 0.5) is 5.69 Å². The van der Waals surface area contributed by atoms with E-state index in [0.29, 0.717) is 0 Å². The number of benzene rings is 1. The number of nitrogens with zero attached hydrogens (tertiary/aromatic N) is 1. The van der Waals surface area contributed by atoms with Gasteiger partial charge in [-0.05, 0) is 32.0 Å². The van der Waals surface area contributed by atoms with Crippen LogP contribution in [0.1, 0.15) is 20.1 Å². The highest BCUT2D eigenvalue weighted by molar-refractivity contribution is 7.12. The number of carbonyl (C=O) groups is 1. The molecule has 0 spiro atoms. The fourth-order valence-corrected chi connectivity index (χ4v) is 3.17. The van der Waals surface area contributed by atoms with Crippen molar-refractivity contribution in [3.63, 3.8) is 0 Å². The maximum absolute atomic E-state index is 12.4. The molecule has 20 heavy (non-hydrogen) atoms. The molecule has 0 aliphatic carbocycles. The normalized spacial score (nSPS) is 10.7. The summed E-state index contributed by atoms with van der Waals surface area (Å²) in [5.41, 5.74) is 2.30. The first kappa shape index (κ1) is 12.8. The minimum Gasteiger partial charge on any atom is -0.320 e. The van der Waals surface area contributed by atoms with Gasteiger partial charge in [-0.2, -0.15) is 0 Å². The van der Waals surface area contributed by atoms with Crippen molar-refractivity contribution in [2.75, 3.05) is 5.32 Å². The summed E-state index contributed by atoms with van der Waals surface area (Å²) in [5.74, 6) is -0.0787. The first-order valence-electron chi connectivity index (χ1n) is 6.37. The Morgan fingerprint density at radius 2 is 2.00 bits per heavy atom. The molecule has 0 aliphatic heterocycles. The van der Waals surface area contributed by atoms with E-state index in [9.17, 15) is 4.79 Å². The molecule has 0 saturated carbocycles. The lowest BCUT2D eigenvalue weighted by Crippen LogP contribution is -2.12. The number of rotatable bonds is 2. The van der Waals surface area contributed by atoms with E-state index in [1.54, 1.807) is 17.5 Å². The van der Waals surface area contributed by atoms with Crippen molar-refractivity contribution in [2.24, 2.45) is 0 Å². The summed E-state index contributed by atoms with van der Waals surface area (Å²) in [6, 6.07) is 11.6. The van der Waals surface area contributed by atoms with Crippen molar-refractivity contribution in [1.82, 2.24) is 4.98 Å². The average Bonchev–Trinajstić information content (AvgIpc) is 2.78. The molecule has 0 atom stereocenters. The third-order valence-corrected chi connectivity index (χ3v) is 4.13. The molecule has 0 bridgehead atoms. The largest absolute Gasteiger partial charge is 0.320 e. The van der Waals surface area contributed by atoms with Crippen LogP contribution >= 0.6 is 11.3 Å². The molecule has 2 aromatic heterocycles. The summed E-state index contributed by atoms with van der Waals surface area (Å²) in [6.07, 6.45) is 1.73. The van der Waals surface area contributed by atoms with Gasteiger partial charge in [-0.25, -0.2) is 0 Å². The Morgan fingerprint density at radius 1 is 1.20 bits per heavy atom. The van der Waals surface area contributed by atoms with Gasteiger partial charge in [0.1, 0.15) is 0 Å². The number of fused-ring (bicyclic) bond motifs is 1. The first-order chi connectivity index (χ1) is 9.65. The molecule has 3 aromatic rings. The predicted octanol–water partition coefficient (Wildman–Crippen LogP) is 4.17. The van der Waals surface area contributed by atoms with Crippen LogP contribution < -0.4 is 5.32 Å².